The average Bonchev–Trinajstić information content (AvgIpc) is 2.47. The average molecular weight is 347 g/mol. The van der Waals surface area contributed by atoms with Gasteiger partial charge in [-0.1, -0.05) is 18.2 Å². The van der Waals surface area contributed by atoms with E-state index in [9.17, 15) is 26.0 Å². The van der Waals surface area contributed by atoms with Gasteiger partial charge in [0, 0.05) is 6.54 Å². The Labute approximate surface area is 130 Å². The van der Waals surface area contributed by atoms with Gasteiger partial charge in [0.15, 0.2) is 9.84 Å². The third kappa shape index (κ3) is 3.53. The summed E-state index contributed by atoms with van der Waals surface area (Å²) >= 11 is 0. The Bertz CT molecular complexity index is 786. The topological polar surface area (TPSA) is 60.2 Å². The highest BCUT2D eigenvalue weighted by Crippen LogP contribution is 2.38. The summed E-state index contributed by atoms with van der Waals surface area (Å²) in [7, 11) is -4.20. The van der Waals surface area contributed by atoms with Crippen LogP contribution in [-0.4, -0.2) is 15.0 Å². The number of alkyl halides is 3. The van der Waals surface area contributed by atoms with E-state index in [-0.39, 0.29) is 4.90 Å². The fraction of sp³-hybridized carbons (Fsp3) is 0.200. The van der Waals surface area contributed by atoms with Gasteiger partial charge >= 0.3 is 6.18 Å². The van der Waals surface area contributed by atoms with E-state index in [1.165, 1.54) is 12.1 Å². The second-order valence-corrected chi connectivity index (χ2v) is 6.94. The Balaban J connectivity index is 2.59. The van der Waals surface area contributed by atoms with E-state index in [2.05, 4.69) is 0 Å². The fourth-order valence-corrected chi connectivity index (χ4v) is 3.88. The van der Waals surface area contributed by atoms with Gasteiger partial charge in [-0.2, -0.15) is 13.2 Å². The molecular weight excluding hydrogens is 334 g/mol. The number of nitrogens with two attached hydrogens (primary N) is 1. The van der Waals surface area contributed by atoms with Crippen molar-refractivity contribution < 1.29 is 26.0 Å². The maximum Gasteiger partial charge on any atom is 0.416 e. The smallest absolute Gasteiger partial charge is 0.329 e. The molecule has 0 spiro atoms. The molecule has 2 rings (SSSR count). The zero-order chi connectivity index (χ0) is 17.3. The summed E-state index contributed by atoms with van der Waals surface area (Å²) in [6.07, 6.45) is -4.71. The van der Waals surface area contributed by atoms with Crippen LogP contribution in [0.4, 0.5) is 17.6 Å². The van der Waals surface area contributed by atoms with Gasteiger partial charge in [-0.3, -0.25) is 0 Å². The highest BCUT2D eigenvalue weighted by Gasteiger charge is 2.38. The van der Waals surface area contributed by atoms with E-state index < -0.39 is 44.8 Å². The van der Waals surface area contributed by atoms with Crippen LogP contribution < -0.4 is 5.73 Å². The number of hydrogen-bond acceptors (Lipinski definition) is 3. The van der Waals surface area contributed by atoms with E-state index >= 15 is 0 Å². The first-order valence-electron chi connectivity index (χ1n) is 6.53. The zero-order valence-electron chi connectivity index (χ0n) is 11.7. The Morgan fingerprint density at radius 2 is 1.57 bits per heavy atom. The first-order chi connectivity index (χ1) is 10.7. The second-order valence-electron chi connectivity index (χ2n) is 4.81. The largest absolute Gasteiger partial charge is 0.416 e. The van der Waals surface area contributed by atoms with Crippen molar-refractivity contribution in [2.75, 3.05) is 6.54 Å². The van der Waals surface area contributed by atoms with Crippen LogP contribution in [0.15, 0.2) is 53.4 Å². The quantitative estimate of drug-likeness (QED) is 0.682. The number of rotatable bonds is 4. The monoisotopic (exact) mass is 347 g/mol. The van der Waals surface area contributed by atoms with Crippen LogP contribution in [0.25, 0.3) is 0 Å². The molecule has 0 aliphatic heterocycles. The summed E-state index contributed by atoms with van der Waals surface area (Å²) in [5, 5.41) is -1.58. The van der Waals surface area contributed by atoms with Crippen molar-refractivity contribution in [2.45, 2.75) is 16.3 Å². The molecule has 0 saturated carbocycles. The summed E-state index contributed by atoms with van der Waals surface area (Å²) in [6.45, 7) is -0.535. The molecule has 2 aromatic rings. The number of hydrogen-bond donors (Lipinski definition) is 1. The SMILES string of the molecule is NC[C@@H](c1ccccc1C(F)(F)F)S(=O)(=O)c1ccc(F)cc1. The molecular formula is C15H13F4NO2S. The Morgan fingerprint density at radius 3 is 2.09 bits per heavy atom. The minimum atomic E-state index is -4.71. The summed E-state index contributed by atoms with van der Waals surface area (Å²) in [6, 6.07) is 8.23. The van der Waals surface area contributed by atoms with E-state index in [1.807, 2.05) is 0 Å². The van der Waals surface area contributed by atoms with Crippen LogP contribution in [0.1, 0.15) is 16.4 Å². The fourth-order valence-electron chi connectivity index (χ4n) is 2.25. The lowest BCUT2D eigenvalue weighted by atomic mass is 10.0. The van der Waals surface area contributed by atoms with Crippen molar-refractivity contribution in [1.29, 1.82) is 0 Å². The van der Waals surface area contributed by atoms with Crippen molar-refractivity contribution in [2.24, 2.45) is 5.73 Å². The lowest BCUT2D eigenvalue weighted by Crippen LogP contribution is -2.25. The molecule has 0 bridgehead atoms. The lowest BCUT2D eigenvalue weighted by Gasteiger charge is -2.20. The molecule has 0 aliphatic rings. The van der Waals surface area contributed by atoms with Gasteiger partial charge in [0.1, 0.15) is 11.1 Å². The van der Waals surface area contributed by atoms with Crippen molar-refractivity contribution in [3.63, 3.8) is 0 Å². The zero-order valence-corrected chi connectivity index (χ0v) is 12.5. The van der Waals surface area contributed by atoms with Crippen molar-refractivity contribution >= 4 is 9.84 Å². The molecule has 0 aliphatic carbocycles. The first-order valence-corrected chi connectivity index (χ1v) is 8.08. The summed E-state index contributed by atoms with van der Waals surface area (Å²) in [4.78, 5) is -0.286. The van der Waals surface area contributed by atoms with Crippen LogP contribution in [0.3, 0.4) is 0 Å². The summed E-state index contributed by atoms with van der Waals surface area (Å²) in [5.41, 5.74) is 3.97. The summed E-state index contributed by atoms with van der Waals surface area (Å²) < 4.78 is 77.4. The van der Waals surface area contributed by atoms with Crippen LogP contribution in [0.2, 0.25) is 0 Å². The van der Waals surface area contributed by atoms with E-state index in [4.69, 9.17) is 5.73 Å². The molecule has 1 atom stereocenters. The molecule has 2 aromatic carbocycles. The van der Waals surface area contributed by atoms with Crippen LogP contribution in [-0.2, 0) is 16.0 Å². The number of sulfone groups is 1. The molecule has 23 heavy (non-hydrogen) atoms. The first kappa shape index (κ1) is 17.4. The Morgan fingerprint density at radius 1 is 1.00 bits per heavy atom. The molecule has 3 nitrogen and oxygen atoms in total. The van der Waals surface area contributed by atoms with Gasteiger partial charge in [-0.15, -0.1) is 0 Å². The molecule has 0 aromatic heterocycles. The van der Waals surface area contributed by atoms with Gasteiger partial charge in [-0.05, 0) is 35.9 Å². The minimum absolute atomic E-state index is 0.286. The normalized spacial score (nSPS) is 13.8. The van der Waals surface area contributed by atoms with Crippen LogP contribution >= 0.6 is 0 Å². The number of halogens is 4. The molecule has 0 unspecified atom stereocenters. The van der Waals surface area contributed by atoms with Crippen molar-refractivity contribution in [3.8, 4) is 0 Å². The minimum Gasteiger partial charge on any atom is -0.329 e. The number of benzene rings is 2. The van der Waals surface area contributed by atoms with E-state index in [0.29, 0.717) is 0 Å². The van der Waals surface area contributed by atoms with Gasteiger partial charge < -0.3 is 5.73 Å². The van der Waals surface area contributed by atoms with Crippen LogP contribution in [0.5, 0.6) is 0 Å². The molecule has 0 radical (unpaired) electrons. The van der Waals surface area contributed by atoms with E-state index in [1.54, 1.807) is 0 Å². The van der Waals surface area contributed by atoms with Gasteiger partial charge in [0.05, 0.1) is 10.5 Å². The molecule has 2 N–H and O–H groups in total. The predicted molar refractivity (Wildman–Crippen MR) is 76.8 cm³/mol. The standard InChI is InChI=1S/C15H13F4NO2S/c16-10-5-7-11(8-6-10)23(21,22)14(9-20)12-3-1-2-4-13(12)15(17,18)19/h1-8,14H,9,20H2/t14-/m0/s1. The third-order valence-electron chi connectivity index (χ3n) is 3.34. The Hall–Kier alpha value is -1.93. The summed E-state index contributed by atoms with van der Waals surface area (Å²) in [5.74, 6) is -0.649. The molecule has 0 heterocycles. The molecule has 0 fully saturated rings. The second kappa shape index (κ2) is 6.29. The maximum absolute atomic E-state index is 13.1. The highest BCUT2D eigenvalue weighted by molar-refractivity contribution is 7.91. The molecule has 0 amide bonds. The van der Waals surface area contributed by atoms with E-state index in [0.717, 1.165) is 36.4 Å². The van der Waals surface area contributed by atoms with Crippen molar-refractivity contribution in [3.05, 3.63) is 65.5 Å². The van der Waals surface area contributed by atoms with Crippen molar-refractivity contribution in [1.82, 2.24) is 0 Å². The molecule has 0 saturated heterocycles. The predicted octanol–water partition coefficient (Wildman–Crippen LogP) is 3.32. The van der Waals surface area contributed by atoms with Gasteiger partial charge in [-0.25, -0.2) is 12.8 Å². The van der Waals surface area contributed by atoms with Crippen LogP contribution in [0, 0.1) is 5.82 Å². The molecule has 8 heteroatoms. The van der Waals surface area contributed by atoms with Gasteiger partial charge in [0.2, 0.25) is 0 Å². The maximum atomic E-state index is 13.1. The Kier molecular flexibility index (Phi) is 4.76. The molecule has 124 valence electrons. The van der Waals surface area contributed by atoms with Gasteiger partial charge in [0.25, 0.3) is 0 Å². The third-order valence-corrected chi connectivity index (χ3v) is 5.47. The highest BCUT2D eigenvalue weighted by atomic mass is 32.2. The lowest BCUT2D eigenvalue weighted by molar-refractivity contribution is -0.138.